The molecular formula is C16H24N2O4S. The highest BCUT2D eigenvalue weighted by atomic mass is 32.2. The third-order valence-corrected chi connectivity index (χ3v) is 5.73. The third kappa shape index (κ3) is 6.19. The van der Waals surface area contributed by atoms with Gasteiger partial charge in [-0.25, -0.2) is 17.5 Å². The summed E-state index contributed by atoms with van der Waals surface area (Å²) >= 11 is 0. The zero-order valence-electron chi connectivity index (χ0n) is 13.2. The molecule has 0 aliphatic carbocycles. The Morgan fingerprint density at radius 2 is 1.83 bits per heavy atom. The lowest BCUT2D eigenvalue weighted by molar-refractivity contribution is 0.139. The summed E-state index contributed by atoms with van der Waals surface area (Å²) in [5.41, 5.74) is 0.912. The molecule has 2 rings (SSSR count). The van der Waals surface area contributed by atoms with Gasteiger partial charge in [0.2, 0.25) is 10.0 Å². The van der Waals surface area contributed by atoms with Crippen LogP contribution in [0, 0.1) is 0 Å². The van der Waals surface area contributed by atoms with Crippen molar-refractivity contribution >= 4 is 16.1 Å². The van der Waals surface area contributed by atoms with E-state index in [1.807, 2.05) is 30.3 Å². The molecule has 0 unspecified atom stereocenters. The van der Waals surface area contributed by atoms with Gasteiger partial charge < -0.3 is 10.1 Å². The van der Waals surface area contributed by atoms with E-state index in [-0.39, 0.29) is 12.4 Å². The van der Waals surface area contributed by atoms with Gasteiger partial charge in [-0.05, 0) is 24.8 Å². The number of sulfonamides is 1. The number of nitrogens with one attached hydrogen (secondary N) is 1. The molecule has 0 aromatic heterocycles. The van der Waals surface area contributed by atoms with E-state index in [0.717, 1.165) is 24.8 Å². The summed E-state index contributed by atoms with van der Waals surface area (Å²) in [6.07, 6.45) is 2.83. The maximum atomic E-state index is 12.1. The van der Waals surface area contributed by atoms with Crippen LogP contribution in [0.4, 0.5) is 4.79 Å². The first-order chi connectivity index (χ1) is 11.1. The number of ether oxygens (including phenoxy) is 1. The standard InChI is InChI=1S/C16H24N2O4S/c19-16(22-14-15-8-3-1-4-9-15)17-10-7-13-23(20,21)18-11-5-2-6-12-18/h1,3-4,8-9H,2,5-7,10-14H2,(H,17,19). The van der Waals surface area contributed by atoms with Crippen molar-refractivity contribution in [3.05, 3.63) is 35.9 Å². The first-order valence-corrected chi connectivity index (χ1v) is 9.61. The van der Waals surface area contributed by atoms with Crippen molar-refractivity contribution in [2.24, 2.45) is 0 Å². The van der Waals surface area contributed by atoms with Crippen molar-refractivity contribution in [1.29, 1.82) is 0 Å². The Morgan fingerprint density at radius 3 is 2.52 bits per heavy atom. The smallest absolute Gasteiger partial charge is 0.407 e. The Hall–Kier alpha value is -1.60. The summed E-state index contributed by atoms with van der Waals surface area (Å²) in [5, 5.41) is 2.58. The maximum absolute atomic E-state index is 12.1. The van der Waals surface area contributed by atoms with Gasteiger partial charge in [-0.15, -0.1) is 0 Å². The van der Waals surface area contributed by atoms with Crippen molar-refractivity contribution in [3.63, 3.8) is 0 Å². The predicted octanol–water partition coefficient (Wildman–Crippen LogP) is 2.12. The number of benzene rings is 1. The fourth-order valence-corrected chi connectivity index (χ4v) is 4.07. The van der Waals surface area contributed by atoms with E-state index < -0.39 is 16.1 Å². The van der Waals surface area contributed by atoms with Crippen molar-refractivity contribution in [3.8, 4) is 0 Å². The van der Waals surface area contributed by atoms with Crippen LogP contribution in [0.5, 0.6) is 0 Å². The molecule has 1 aromatic carbocycles. The molecular weight excluding hydrogens is 316 g/mol. The Bertz CT molecular complexity index is 583. The van der Waals surface area contributed by atoms with E-state index in [0.29, 0.717) is 26.1 Å². The molecule has 6 nitrogen and oxygen atoms in total. The number of piperidine rings is 1. The van der Waals surface area contributed by atoms with Crippen molar-refractivity contribution < 1.29 is 17.9 Å². The quantitative estimate of drug-likeness (QED) is 0.772. The van der Waals surface area contributed by atoms with E-state index in [2.05, 4.69) is 5.32 Å². The van der Waals surface area contributed by atoms with Crippen LogP contribution in [-0.2, 0) is 21.4 Å². The zero-order valence-corrected chi connectivity index (χ0v) is 14.1. The molecule has 0 saturated carbocycles. The molecule has 0 bridgehead atoms. The molecule has 1 N–H and O–H groups in total. The second kappa shape index (κ2) is 8.88. The molecule has 128 valence electrons. The van der Waals surface area contributed by atoms with E-state index in [1.165, 1.54) is 0 Å². The Kier molecular flexibility index (Phi) is 6.85. The number of carbonyl (C=O) groups excluding carboxylic acids is 1. The number of rotatable bonds is 7. The van der Waals surface area contributed by atoms with Crippen molar-refractivity contribution in [2.45, 2.75) is 32.3 Å². The van der Waals surface area contributed by atoms with Crippen LogP contribution in [0.3, 0.4) is 0 Å². The van der Waals surface area contributed by atoms with Gasteiger partial charge in [-0.3, -0.25) is 0 Å². The van der Waals surface area contributed by atoms with Crippen molar-refractivity contribution in [2.75, 3.05) is 25.4 Å². The number of amides is 1. The van der Waals surface area contributed by atoms with Gasteiger partial charge in [0.1, 0.15) is 6.61 Å². The minimum absolute atomic E-state index is 0.0615. The SMILES string of the molecule is O=C(NCCCS(=O)(=O)N1CCCCC1)OCc1ccccc1. The summed E-state index contributed by atoms with van der Waals surface area (Å²) in [7, 11) is -3.20. The Morgan fingerprint density at radius 1 is 1.13 bits per heavy atom. The van der Waals surface area contributed by atoms with Gasteiger partial charge in [0, 0.05) is 19.6 Å². The van der Waals surface area contributed by atoms with Crippen LogP contribution in [-0.4, -0.2) is 44.2 Å². The van der Waals surface area contributed by atoms with E-state index in [4.69, 9.17) is 4.74 Å². The van der Waals surface area contributed by atoms with Crippen LogP contribution in [0.25, 0.3) is 0 Å². The third-order valence-electron chi connectivity index (χ3n) is 3.77. The molecule has 1 saturated heterocycles. The van der Waals surface area contributed by atoms with Gasteiger partial charge >= 0.3 is 6.09 Å². The lowest BCUT2D eigenvalue weighted by atomic mass is 10.2. The zero-order chi connectivity index (χ0) is 16.5. The first-order valence-electron chi connectivity index (χ1n) is 8.00. The van der Waals surface area contributed by atoms with Gasteiger partial charge in [0.15, 0.2) is 0 Å². The minimum atomic E-state index is -3.20. The van der Waals surface area contributed by atoms with Crippen molar-refractivity contribution in [1.82, 2.24) is 9.62 Å². The minimum Gasteiger partial charge on any atom is -0.445 e. The van der Waals surface area contributed by atoms with Crippen LogP contribution in [0.1, 0.15) is 31.2 Å². The van der Waals surface area contributed by atoms with Crippen LogP contribution in [0.2, 0.25) is 0 Å². The summed E-state index contributed by atoms with van der Waals surface area (Å²) in [4.78, 5) is 11.5. The monoisotopic (exact) mass is 340 g/mol. The molecule has 7 heteroatoms. The van der Waals surface area contributed by atoms with E-state index >= 15 is 0 Å². The van der Waals surface area contributed by atoms with E-state index in [9.17, 15) is 13.2 Å². The number of alkyl carbamates (subject to hydrolysis) is 1. The number of hydrogen-bond donors (Lipinski definition) is 1. The summed E-state index contributed by atoms with van der Waals surface area (Å²) < 4.78 is 30.9. The predicted molar refractivity (Wildman–Crippen MR) is 88.5 cm³/mol. The highest BCUT2D eigenvalue weighted by Crippen LogP contribution is 2.13. The van der Waals surface area contributed by atoms with Crippen LogP contribution >= 0.6 is 0 Å². The Labute approximate surface area is 137 Å². The fourth-order valence-electron chi connectivity index (χ4n) is 2.49. The summed E-state index contributed by atoms with van der Waals surface area (Å²) in [6.45, 7) is 1.74. The topological polar surface area (TPSA) is 75.7 Å². The lowest BCUT2D eigenvalue weighted by Crippen LogP contribution is -2.38. The summed E-state index contributed by atoms with van der Waals surface area (Å²) in [6, 6.07) is 9.40. The normalized spacial score (nSPS) is 16.0. The maximum Gasteiger partial charge on any atom is 0.407 e. The summed E-state index contributed by atoms with van der Waals surface area (Å²) in [5.74, 6) is 0.0615. The molecule has 1 fully saturated rings. The number of hydrogen-bond acceptors (Lipinski definition) is 4. The second-order valence-corrected chi connectivity index (χ2v) is 7.71. The largest absolute Gasteiger partial charge is 0.445 e. The average Bonchev–Trinajstić information content (AvgIpc) is 2.59. The molecule has 1 heterocycles. The molecule has 0 spiro atoms. The first kappa shape index (κ1) is 17.7. The molecule has 1 aromatic rings. The van der Waals surface area contributed by atoms with Crippen LogP contribution in [0.15, 0.2) is 30.3 Å². The molecule has 0 radical (unpaired) electrons. The second-order valence-electron chi connectivity index (χ2n) is 5.62. The molecule has 1 aliphatic heterocycles. The van der Waals surface area contributed by atoms with Crippen LogP contribution < -0.4 is 5.32 Å². The van der Waals surface area contributed by atoms with E-state index in [1.54, 1.807) is 4.31 Å². The van der Waals surface area contributed by atoms with Gasteiger partial charge in [0.25, 0.3) is 0 Å². The Balaban J connectivity index is 1.61. The van der Waals surface area contributed by atoms with Gasteiger partial charge in [0.05, 0.1) is 5.75 Å². The van der Waals surface area contributed by atoms with Gasteiger partial charge in [-0.1, -0.05) is 36.8 Å². The molecule has 1 aliphatic rings. The number of nitrogens with zero attached hydrogens (tertiary/aromatic N) is 1. The highest BCUT2D eigenvalue weighted by molar-refractivity contribution is 7.89. The fraction of sp³-hybridized carbons (Fsp3) is 0.562. The molecule has 23 heavy (non-hydrogen) atoms. The molecule has 1 amide bonds. The highest BCUT2D eigenvalue weighted by Gasteiger charge is 2.23. The number of carbonyl (C=O) groups is 1. The molecule has 0 atom stereocenters. The van der Waals surface area contributed by atoms with Gasteiger partial charge in [-0.2, -0.15) is 0 Å². The lowest BCUT2D eigenvalue weighted by Gasteiger charge is -2.25. The average molecular weight is 340 g/mol.